The lowest BCUT2D eigenvalue weighted by molar-refractivity contribution is -0.136. The standard InChI is InChI=1S/C13H14O6S/c14-13(15)12(8-1-2-8)20(16,17)9-3-4-10-11(7-9)19-6-5-18-10/h3-4,7-8,12H,1-2,5-6H2,(H,14,15). The molecule has 1 heterocycles. The molecule has 20 heavy (non-hydrogen) atoms. The van der Waals surface area contributed by atoms with Gasteiger partial charge >= 0.3 is 5.97 Å². The van der Waals surface area contributed by atoms with E-state index in [1.54, 1.807) is 0 Å². The molecule has 7 heteroatoms. The van der Waals surface area contributed by atoms with Crippen molar-refractivity contribution >= 4 is 15.8 Å². The molecule has 6 nitrogen and oxygen atoms in total. The van der Waals surface area contributed by atoms with E-state index in [2.05, 4.69) is 0 Å². The largest absolute Gasteiger partial charge is 0.486 e. The molecule has 1 aliphatic carbocycles. The quantitative estimate of drug-likeness (QED) is 0.895. The molecule has 1 fully saturated rings. The predicted molar refractivity (Wildman–Crippen MR) is 68.8 cm³/mol. The summed E-state index contributed by atoms with van der Waals surface area (Å²) in [6.07, 6.45) is 1.28. The van der Waals surface area contributed by atoms with Crippen molar-refractivity contribution in [3.05, 3.63) is 18.2 Å². The topological polar surface area (TPSA) is 89.9 Å². The van der Waals surface area contributed by atoms with Crippen LogP contribution in [-0.2, 0) is 14.6 Å². The maximum absolute atomic E-state index is 12.5. The number of rotatable bonds is 4. The van der Waals surface area contributed by atoms with Gasteiger partial charge in [-0.15, -0.1) is 0 Å². The number of fused-ring (bicyclic) bond motifs is 1. The Morgan fingerprint density at radius 3 is 2.45 bits per heavy atom. The third-order valence-electron chi connectivity index (χ3n) is 3.47. The van der Waals surface area contributed by atoms with Crippen molar-refractivity contribution < 1.29 is 27.8 Å². The zero-order chi connectivity index (χ0) is 14.3. The van der Waals surface area contributed by atoms with Gasteiger partial charge in [0.1, 0.15) is 13.2 Å². The fourth-order valence-corrected chi connectivity index (χ4v) is 4.20. The van der Waals surface area contributed by atoms with Crippen LogP contribution in [0.15, 0.2) is 23.1 Å². The molecular formula is C13H14O6S. The Kier molecular flexibility index (Phi) is 3.08. The Morgan fingerprint density at radius 1 is 1.20 bits per heavy atom. The molecule has 0 amide bonds. The Balaban J connectivity index is 2.00. The minimum atomic E-state index is -3.91. The molecule has 2 aliphatic rings. The Bertz CT molecular complexity index is 647. The van der Waals surface area contributed by atoms with Crippen LogP contribution in [0.1, 0.15) is 12.8 Å². The lowest BCUT2D eigenvalue weighted by Crippen LogP contribution is -2.32. The number of carbonyl (C=O) groups is 1. The highest BCUT2D eigenvalue weighted by Gasteiger charge is 2.46. The first-order chi connectivity index (χ1) is 9.50. The lowest BCUT2D eigenvalue weighted by atomic mass is 10.3. The van der Waals surface area contributed by atoms with Crippen molar-refractivity contribution in [2.45, 2.75) is 23.0 Å². The maximum atomic E-state index is 12.5. The number of carboxylic acid groups (broad SMARTS) is 1. The summed E-state index contributed by atoms with van der Waals surface area (Å²) in [6, 6.07) is 4.23. The van der Waals surface area contributed by atoms with Gasteiger partial charge in [-0.1, -0.05) is 0 Å². The van der Waals surface area contributed by atoms with E-state index in [1.807, 2.05) is 0 Å². The normalized spacial score (nSPS) is 19.4. The third kappa shape index (κ3) is 2.22. The smallest absolute Gasteiger partial charge is 0.322 e. The van der Waals surface area contributed by atoms with Crippen LogP contribution in [0.25, 0.3) is 0 Å². The van der Waals surface area contributed by atoms with Crippen molar-refractivity contribution in [3.63, 3.8) is 0 Å². The highest BCUT2D eigenvalue weighted by Crippen LogP contribution is 2.40. The van der Waals surface area contributed by atoms with Crippen LogP contribution in [0.2, 0.25) is 0 Å². The molecule has 1 atom stereocenters. The zero-order valence-electron chi connectivity index (χ0n) is 10.6. The molecule has 1 aromatic carbocycles. The van der Waals surface area contributed by atoms with Gasteiger partial charge in [0.2, 0.25) is 0 Å². The van der Waals surface area contributed by atoms with E-state index < -0.39 is 21.1 Å². The molecule has 1 saturated carbocycles. The van der Waals surface area contributed by atoms with Crippen LogP contribution in [0.5, 0.6) is 11.5 Å². The van der Waals surface area contributed by atoms with Crippen LogP contribution < -0.4 is 9.47 Å². The fourth-order valence-electron chi connectivity index (χ4n) is 2.33. The minimum absolute atomic E-state index is 0.0268. The first-order valence-electron chi connectivity index (χ1n) is 6.36. The molecule has 1 unspecified atom stereocenters. The van der Waals surface area contributed by atoms with Gasteiger partial charge in [-0.3, -0.25) is 4.79 Å². The van der Waals surface area contributed by atoms with Crippen LogP contribution >= 0.6 is 0 Å². The van der Waals surface area contributed by atoms with Gasteiger partial charge in [-0.25, -0.2) is 8.42 Å². The summed E-state index contributed by atoms with van der Waals surface area (Å²) in [5.41, 5.74) is 0. The molecule has 0 bridgehead atoms. The Labute approximate surface area is 116 Å². The fraction of sp³-hybridized carbons (Fsp3) is 0.462. The number of ether oxygens (including phenoxy) is 2. The van der Waals surface area contributed by atoms with E-state index in [0.29, 0.717) is 37.6 Å². The summed E-state index contributed by atoms with van der Waals surface area (Å²) in [5, 5.41) is 7.81. The van der Waals surface area contributed by atoms with E-state index >= 15 is 0 Å². The van der Waals surface area contributed by atoms with Gasteiger partial charge in [0, 0.05) is 6.07 Å². The summed E-state index contributed by atoms with van der Waals surface area (Å²) in [5.74, 6) is -0.751. The highest BCUT2D eigenvalue weighted by atomic mass is 32.2. The zero-order valence-corrected chi connectivity index (χ0v) is 11.4. The molecular weight excluding hydrogens is 284 g/mol. The monoisotopic (exact) mass is 298 g/mol. The van der Waals surface area contributed by atoms with Crippen molar-refractivity contribution in [1.82, 2.24) is 0 Å². The van der Waals surface area contributed by atoms with Gasteiger partial charge in [-0.2, -0.15) is 0 Å². The Morgan fingerprint density at radius 2 is 1.85 bits per heavy atom. The second-order valence-corrected chi connectivity index (χ2v) is 7.02. The maximum Gasteiger partial charge on any atom is 0.322 e. The number of sulfone groups is 1. The van der Waals surface area contributed by atoms with Gasteiger partial charge in [0.25, 0.3) is 0 Å². The summed E-state index contributed by atoms with van der Waals surface area (Å²) >= 11 is 0. The Hall–Kier alpha value is -1.76. The molecule has 1 aromatic rings. The van der Waals surface area contributed by atoms with Gasteiger partial charge < -0.3 is 14.6 Å². The van der Waals surface area contributed by atoms with Gasteiger partial charge in [0.15, 0.2) is 26.6 Å². The number of hydrogen-bond donors (Lipinski definition) is 1. The molecule has 0 spiro atoms. The van der Waals surface area contributed by atoms with Crippen molar-refractivity contribution in [2.75, 3.05) is 13.2 Å². The van der Waals surface area contributed by atoms with Crippen LogP contribution in [-0.4, -0.2) is 38.0 Å². The molecule has 0 radical (unpaired) electrons. The van der Waals surface area contributed by atoms with E-state index in [9.17, 15) is 18.3 Å². The first-order valence-corrected chi connectivity index (χ1v) is 7.91. The first kappa shape index (κ1) is 13.2. The van der Waals surface area contributed by atoms with Crippen LogP contribution in [0, 0.1) is 5.92 Å². The molecule has 1 N–H and O–H groups in total. The number of benzene rings is 1. The van der Waals surface area contributed by atoms with Crippen LogP contribution in [0.4, 0.5) is 0 Å². The van der Waals surface area contributed by atoms with E-state index in [0.717, 1.165) is 0 Å². The van der Waals surface area contributed by atoms with Gasteiger partial charge in [0.05, 0.1) is 4.90 Å². The SMILES string of the molecule is O=C(O)C(C1CC1)S(=O)(=O)c1ccc2c(c1)OCCO2. The molecule has 1 aliphatic heterocycles. The number of hydrogen-bond acceptors (Lipinski definition) is 5. The van der Waals surface area contributed by atoms with Crippen molar-refractivity contribution in [2.24, 2.45) is 5.92 Å². The van der Waals surface area contributed by atoms with E-state index in [-0.39, 0.29) is 10.8 Å². The van der Waals surface area contributed by atoms with Crippen LogP contribution in [0.3, 0.4) is 0 Å². The average Bonchev–Trinajstić information content (AvgIpc) is 3.22. The second-order valence-electron chi connectivity index (χ2n) is 4.95. The third-order valence-corrected chi connectivity index (χ3v) is 5.64. The van der Waals surface area contributed by atoms with E-state index in [4.69, 9.17) is 9.47 Å². The molecule has 0 aromatic heterocycles. The summed E-state index contributed by atoms with van der Waals surface area (Å²) < 4.78 is 35.6. The summed E-state index contributed by atoms with van der Waals surface area (Å²) in [4.78, 5) is 11.2. The molecule has 108 valence electrons. The number of carboxylic acids is 1. The van der Waals surface area contributed by atoms with Gasteiger partial charge in [-0.05, 0) is 30.9 Å². The summed E-state index contributed by atoms with van der Waals surface area (Å²) in [6.45, 7) is 0.764. The lowest BCUT2D eigenvalue weighted by Gasteiger charge is -2.20. The van der Waals surface area contributed by atoms with Crippen molar-refractivity contribution in [3.8, 4) is 11.5 Å². The minimum Gasteiger partial charge on any atom is -0.486 e. The second kappa shape index (κ2) is 4.66. The summed E-state index contributed by atoms with van der Waals surface area (Å²) in [7, 11) is -3.91. The highest BCUT2D eigenvalue weighted by molar-refractivity contribution is 7.92. The van der Waals surface area contributed by atoms with E-state index in [1.165, 1.54) is 18.2 Å². The molecule has 3 rings (SSSR count). The predicted octanol–water partition coefficient (Wildman–Crippen LogP) is 1.09. The average molecular weight is 298 g/mol. The number of aliphatic carboxylic acids is 1. The molecule has 0 saturated heterocycles. The van der Waals surface area contributed by atoms with Crippen molar-refractivity contribution in [1.29, 1.82) is 0 Å².